The van der Waals surface area contributed by atoms with Crippen LogP contribution in [0, 0.1) is 71.5 Å². The maximum Gasteiger partial charge on any atom is 0.416 e. The molecule has 0 spiro atoms. The molecule has 0 aliphatic carbocycles. The molecule has 0 saturated heterocycles. The van der Waals surface area contributed by atoms with E-state index >= 15 is 0 Å². The van der Waals surface area contributed by atoms with Gasteiger partial charge in [0.25, 0.3) is 0 Å². The maximum absolute atomic E-state index is 12.8. The van der Waals surface area contributed by atoms with E-state index in [1.165, 1.54) is 41.5 Å². The predicted molar refractivity (Wildman–Crippen MR) is 506 cm³/mol. The van der Waals surface area contributed by atoms with E-state index in [2.05, 4.69) is 78.4 Å². The van der Waals surface area contributed by atoms with E-state index in [0.717, 1.165) is 70.3 Å². The molecular weight excluding hydrogens is 1560 g/mol. The van der Waals surface area contributed by atoms with Crippen LogP contribution in [-0.2, 0) is 38.3 Å². The molecule has 9 rings (SSSR count). The summed E-state index contributed by atoms with van der Waals surface area (Å²) in [5.41, 5.74) is 8.17. The number of benzene rings is 9. The molecule has 0 atom stereocenters. The summed E-state index contributed by atoms with van der Waals surface area (Å²) >= 11 is 23.1. The smallest absolute Gasteiger partial charge is 0.416 e. The molecule has 117 heavy (non-hydrogen) atoms. The number of ketones is 4. The minimum Gasteiger partial charge on any atom is -0.497 e. The van der Waals surface area contributed by atoms with Crippen molar-refractivity contribution in [3.05, 3.63) is 317 Å². The van der Waals surface area contributed by atoms with Crippen LogP contribution >= 0.6 is 46.4 Å². The summed E-state index contributed by atoms with van der Waals surface area (Å²) in [5, 5.41) is 2.65. The van der Waals surface area contributed by atoms with Gasteiger partial charge in [-0.05, 0) is 193 Å². The topological polar surface area (TPSA) is 81.9 Å². The highest BCUT2D eigenvalue weighted by Crippen LogP contribution is 2.30. The molecule has 15 heteroatoms. The van der Waals surface area contributed by atoms with Gasteiger partial charge in [0.15, 0.2) is 28.8 Å². The van der Waals surface area contributed by atoms with Crippen LogP contribution in [0.5, 0.6) is 5.75 Å². The quantitative estimate of drug-likeness (QED) is 0.0458. The zero-order valence-electron chi connectivity index (χ0n) is 66.4. The Bertz CT molecular complexity index is 4070. The average molecular weight is 1710 g/mol. The van der Waals surface area contributed by atoms with Crippen molar-refractivity contribution in [3.63, 3.8) is 0 Å². The van der Waals surface area contributed by atoms with Crippen molar-refractivity contribution < 1.29 is 45.9 Å². The number of carbonyl (C=O) groups excluding carboxylic acids is 4. The normalized spacial score (nSPS) is 9.74. The van der Waals surface area contributed by atoms with Crippen LogP contribution < -0.4 is 4.74 Å². The van der Waals surface area contributed by atoms with Crippen LogP contribution in [0.3, 0.4) is 0 Å². The molecule has 0 radical (unpaired) electrons. The second-order valence-corrected chi connectivity index (χ2v) is 30.8. The number of rotatable bonds is 19. The van der Waals surface area contributed by atoms with E-state index in [4.69, 9.17) is 57.7 Å². The van der Waals surface area contributed by atoms with E-state index in [9.17, 15) is 41.1 Å². The van der Waals surface area contributed by atoms with Gasteiger partial charge in [-0.25, -0.2) is 13.6 Å². The molecule has 0 N–H and O–H groups in total. The Hall–Kier alpha value is -8.24. The number of alkyl halides is 3. The largest absolute Gasteiger partial charge is 0.497 e. The fraction of sp³-hybridized carbons (Fsp3) is 0.422. The van der Waals surface area contributed by atoms with E-state index in [-0.39, 0.29) is 125 Å². The maximum atomic E-state index is 12.8. The van der Waals surface area contributed by atoms with Gasteiger partial charge in [-0.3, -0.25) is 19.2 Å². The van der Waals surface area contributed by atoms with Gasteiger partial charge in [0.05, 0.1) is 24.3 Å². The zero-order valence-corrected chi connectivity index (χ0v) is 69.4. The molecule has 9 aromatic carbocycles. The molecular formula is C102H148Cl4F5NO5. The number of carbonyl (C=O) groups is 4. The molecule has 0 bridgehead atoms. The third kappa shape index (κ3) is 56.7. The molecule has 0 saturated carbocycles. The van der Waals surface area contributed by atoms with Crippen LogP contribution in [0.2, 0.25) is 20.1 Å². The molecule has 0 heterocycles. The van der Waals surface area contributed by atoms with Crippen molar-refractivity contribution in [3.8, 4) is 5.75 Å². The number of methoxy groups -OCH3 is 1. The summed E-state index contributed by atoms with van der Waals surface area (Å²) in [5.74, 6) is 4.16. The molecule has 6 nitrogen and oxygen atoms in total. The minimum atomic E-state index is -4.23. The van der Waals surface area contributed by atoms with Gasteiger partial charge in [-0.15, -0.1) is 0 Å². The van der Waals surface area contributed by atoms with E-state index in [1.54, 1.807) is 92.0 Å². The second kappa shape index (κ2) is 68.6. The summed E-state index contributed by atoms with van der Waals surface area (Å²) in [6.45, 7) is 43.2. The molecule has 0 amide bonds. The first-order valence-electron chi connectivity index (χ1n) is 36.6. The lowest BCUT2D eigenvalue weighted by atomic mass is 10.0. The van der Waals surface area contributed by atoms with Gasteiger partial charge in [0.1, 0.15) is 17.4 Å². The SMILES string of the molecule is C.C.C.C.C.C.C.C.C.CC(C)C(=O)c1ccc(Cl)cc1.CC(C)C(=O)c1cccc(Cl)c1.CC(C)C(=O)c1ccccc1.CC(C)C(=O)c1ccccc1Cl.CC(C)Cc1cccc(C(F)(F)F)c1.CC(C)Cc1cccc(Cl)c1.CC(C)Cc1cccc(F)c1.COc1cccc(CC(C)C)c1.[C-]#[N+]c1ccc(F)cc1CC(C)C. The van der Waals surface area contributed by atoms with Crippen molar-refractivity contribution in [2.45, 2.75) is 230 Å². The molecule has 0 aromatic heterocycles. The average Bonchev–Trinajstić information content (AvgIpc) is 0.863. The van der Waals surface area contributed by atoms with Crippen LogP contribution in [0.4, 0.5) is 27.6 Å². The molecule has 654 valence electrons. The van der Waals surface area contributed by atoms with Gasteiger partial charge >= 0.3 is 6.18 Å². The Morgan fingerprint density at radius 2 is 0.709 bits per heavy atom. The molecule has 0 fully saturated rings. The van der Waals surface area contributed by atoms with E-state index in [0.29, 0.717) is 67.9 Å². The van der Waals surface area contributed by atoms with Crippen molar-refractivity contribution in [1.29, 1.82) is 0 Å². The van der Waals surface area contributed by atoms with Crippen LogP contribution in [0.25, 0.3) is 4.85 Å². The Morgan fingerprint density at radius 3 is 1.11 bits per heavy atom. The van der Waals surface area contributed by atoms with Gasteiger partial charge in [-0.2, -0.15) is 13.2 Å². The Labute approximate surface area is 729 Å². The lowest BCUT2D eigenvalue weighted by Gasteiger charge is -2.09. The first-order valence-corrected chi connectivity index (χ1v) is 38.1. The number of nitrogens with zero attached hydrogens (tertiary/aromatic N) is 1. The third-order valence-corrected chi connectivity index (χ3v) is 16.1. The highest BCUT2D eigenvalue weighted by Gasteiger charge is 2.30. The van der Waals surface area contributed by atoms with Crippen molar-refractivity contribution >= 4 is 75.2 Å². The van der Waals surface area contributed by atoms with Gasteiger partial charge in [0.2, 0.25) is 0 Å². The predicted octanol–water partition coefficient (Wildman–Crippen LogP) is 34.7. The number of Topliss-reactive ketones (excluding diaryl/α,β-unsaturated/α-hetero) is 4. The first kappa shape index (κ1) is 127. The van der Waals surface area contributed by atoms with E-state index in [1.807, 2.05) is 148 Å². The fourth-order valence-electron chi connectivity index (χ4n) is 9.98. The van der Waals surface area contributed by atoms with Crippen LogP contribution in [0.1, 0.15) is 266 Å². The van der Waals surface area contributed by atoms with Crippen LogP contribution in [-0.4, -0.2) is 30.2 Å². The highest BCUT2D eigenvalue weighted by molar-refractivity contribution is 6.34. The second-order valence-electron chi connectivity index (χ2n) is 29.1. The number of hydrogen-bond donors (Lipinski definition) is 0. The van der Waals surface area contributed by atoms with Crippen molar-refractivity contribution in [2.75, 3.05) is 7.11 Å². The first-order chi connectivity index (χ1) is 50.7. The number of ether oxygens (including phenoxy) is 1. The lowest BCUT2D eigenvalue weighted by Crippen LogP contribution is -2.07. The monoisotopic (exact) mass is 1700 g/mol. The highest BCUT2D eigenvalue weighted by atomic mass is 35.5. The van der Waals surface area contributed by atoms with Gasteiger partial charge in [-0.1, -0.05) is 353 Å². The summed E-state index contributed by atoms with van der Waals surface area (Å²) in [6, 6.07) is 63.5. The Balaban J connectivity index is -0.000000159. The standard InChI is InChI=1S/C11H13F3.C11H12FN.C11H16O.3C10H11ClO.C10H13Cl.C10H13F.C10H12O.9CH4/c1-8(2)6-9-4-3-5-10(7-9)11(12,13)14;1-8(2)6-9-7-10(12)4-5-11(9)13-3;1-9(2)7-10-5-4-6-11(8-10)12-3;1-7(2)10(12)8-3-5-9(11)6-4-8;1-7(2)10(12)8-4-3-5-9(11)6-8;1-7(2)10(12)8-5-3-4-6-9(8)11;2*1-8(2)6-9-4-3-5-10(11)7-9;1-8(2)10(11)9-6-4-3-5-7-9;;;;;;;;;/h3-5,7-8H,6H2,1-2H3;4-5,7-8H,6H2,1-2H3;4-6,8-9H,7H2,1-3H3;3*3-7H,1-2H3;2*3-5,7-8H,6H2,1-2H3;3-8H,1-2H3;9*1H4. The van der Waals surface area contributed by atoms with Crippen molar-refractivity contribution in [2.24, 2.45) is 53.3 Å². The van der Waals surface area contributed by atoms with Crippen LogP contribution in [0.15, 0.2) is 218 Å². The molecule has 9 aromatic rings. The third-order valence-electron chi connectivity index (χ3n) is 15.1. The number of halogens is 9. The van der Waals surface area contributed by atoms with Crippen molar-refractivity contribution in [1.82, 2.24) is 0 Å². The van der Waals surface area contributed by atoms with E-state index < -0.39 is 11.7 Å². The summed E-state index contributed by atoms with van der Waals surface area (Å²) in [4.78, 5) is 49.0. The zero-order chi connectivity index (χ0) is 81.8. The van der Waals surface area contributed by atoms with Gasteiger partial charge in [0, 0.05) is 61.0 Å². The number of hydrogen-bond acceptors (Lipinski definition) is 5. The summed E-state index contributed by atoms with van der Waals surface area (Å²) < 4.78 is 67.5. The minimum absolute atomic E-state index is 0. The Morgan fingerprint density at radius 1 is 0.350 bits per heavy atom. The molecule has 0 aliphatic heterocycles. The Kier molecular flexibility index (Phi) is 74.5. The van der Waals surface area contributed by atoms with Gasteiger partial charge < -0.3 is 4.74 Å². The summed E-state index contributed by atoms with van der Waals surface area (Å²) in [6.07, 6.45) is 0.405. The molecule has 0 aliphatic rings. The fourth-order valence-corrected chi connectivity index (χ4v) is 10.7. The lowest BCUT2D eigenvalue weighted by molar-refractivity contribution is -0.137. The molecule has 0 unspecified atom stereocenters. The summed E-state index contributed by atoms with van der Waals surface area (Å²) in [7, 11) is 1.70.